The number of benzene rings is 1. The van der Waals surface area contributed by atoms with Crippen LogP contribution in [0.3, 0.4) is 0 Å². The summed E-state index contributed by atoms with van der Waals surface area (Å²) in [5, 5.41) is 6.64. The molecule has 0 unspecified atom stereocenters. The number of halogens is 1. The molecule has 1 saturated carbocycles. The highest BCUT2D eigenvalue weighted by Gasteiger charge is 2.20. The van der Waals surface area contributed by atoms with Crippen LogP contribution in [0.15, 0.2) is 18.2 Å². The molecule has 2 rings (SSSR count). The molecule has 0 spiro atoms. The highest BCUT2D eigenvalue weighted by Crippen LogP contribution is 2.27. The van der Waals surface area contributed by atoms with Crippen LogP contribution < -0.4 is 15.4 Å². The van der Waals surface area contributed by atoms with Crippen LogP contribution in [-0.4, -0.2) is 26.1 Å². The number of nitrogens with one attached hydrogen (secondary N) is 2. The molecule has 2 N–H and O–H groups in total. The topological polar surface area (TPSA) is 50.4 Å². The van der Waals surface area contributed by atoms with Crippen LogP contribution in [0.1, 0.15) is 18.4 Å². The van der Waals surface area contributed by atoms with Crippen molar-refractivity contribution in [1.29, 1.82) is 0 Å². The second kappa shape index (κ2) is 6.78. The standard InChI is InChI=1S/C14H19ClN2O2/c1-19-13-5-4-12(15)6-11(13)8-17-14(18)9-16-7-10-2-3-10/h4-6,10,16H,2-3,7-9H2,1H3,(H,17,18). The first-order chi connectivity index (χ1) is 9.19. The highest BCUT2D eigenvalue weighted by atomic mass is 35.5. The molecule has 0 atom stereocenters. The first kappa shape index (κ1) is 14.2. The molecule has 5 heteroatoms. The fourth-order valence-corrected chi connectivity index (χ4v) is 2.05. The van der Waals surface area contributed by atoms with Crippen LogP contribution in [0.2, 0.25) is 5.02 Å². The summed E-state index contributed by atoms with van der Waals surface area (Å²) in [7, 11) is 1.60. The van der Waals surface area contributed by atoms with Crippen molar-refractivity contribution >= 4 is 17.5 Å². The fraction of sp³-hybridized carbons (Fsp3) is 0.500. The lowest BCUT2D eigenvalue weighted by Gasteiger charge is -2.10. The van der Waals surface area contributed by atoms with Gasteiger partial charge in [-0.2, -0.15) is 0 Å². The van der Waals surface area contributed by atoms with E-state index in [0.717, 1.165) is 23.8 Å². The third kappa shape index (κ3) is 4.73. The summed E-state index contributed by atoms with van der Waals surface area (Å²) in [4.78, 5) is 11.7. The van der Waals surface area contributed by atoms with Gasteiger partial charge in [-0.3, -0.25) is 4.79 Å². The van der Waals surface area contributed by atoms with Gasteiger partial charge in [0.2, 0.25) is 5.91 Å². The number of ether oxygens (including phenoxy) is 1. The molecule has 1 aliphatic rings. The van der Waals surface area contributed by atoms with Crippen LogP contribution >= 0.6 is 11.6 Å². The lowest BCUT2D eigenvalue weighted by molar-refractivity contribution is -0.120. The summed E-state index contributed by atoms with van der Waals surface area (Å²) in [5.74, 6) is 1.50. The predicted molar refractivity (Wildman–Crippen MR) is 75.4 cm³/mol. The minimum absolute atomic E-state index is 0.0114. The van der Waals surface area contributed by atoms with Gasteiger partial charge in [-0.15, -0.1) is 0 Å². The van der Waals surface area contributed by atoms with Crippen LogP contribution in [0.25, 0.3) is 0 Å². The van der Waals surface area contributed by atoms with E-state index in [-0.39, 0.29) is 5.91 Å². The predicted octanol–water partition coefficient (Wildman–Crippen LogP) is 1.96. The lowest BCUT2D eigenvalue weighted by Crippen LogP contribution is -2.34. The van der Waals surface area contributed by atoms with Crippen molar-refractivity contribution in [3.8, 4) is 5.75 Å². The summed E-state index contributed by atoms with van der Waals surface area (Å²) < 4.78 is 5.23. The van der Waals surface area contributed by atoms with E-state index in [1.54, 1.807) is 25.3 Å². The average molecular weight is 283 g/mol. The Kier molecular flexibility index (Phi) is 5.05. The summed E-state index contributed by atoms with van der Waals surface area (Å²) >= 11 is 5.93. The summed E-state index contributed by atoms with van der Waals surface area (Å²) in [6.45, 7) is 1.72. The van der Waals surface area contributed by atoms with Crippen molar-refractivity contribution in [2.45, 2.75) is 19.4 Å². The van der Waals surface area contributed by atoms with Crippen LogP contribution in [0.5, 0.6) is 5.75 Å². The van der Waals surface area contributed by atoms with Crippen molar-refractivity contribution in [3.05, 3.63) is 28.8 Å². The van der Waals surface area contributed by atoms with Gasteiger partial charge in [0, 0.05) is 17.1 Å². The second-order valence-corrected chi connectivity index (χ2v) is 5.24. The molecule has 0 heterocycles. The van der Waals surface area contributed by atoms with Crippen LogP contribution in [0.4, 0.5) is 0 Å². The van der Waals surface area contributed by atoms with Crippen molar-refractivity contribution in [1.82, 2.24) is 10.6 Å². The first-order valence-corrected chi connectivity index (χ1v) is 6.86. The molecule has 1 aromatic rings. The molecular weight excluding hydrogens is 264 g/mol. The van der Waals surface area contributed by atoms with Gasteiger partial charge in [-0.1, -0.05) is 11.6 Å². The minimum Gasteiger partial charge on any atom is -0.496 e. The molecular formula is C14H19ClN2O2. The summed E-state index contributed by atoms with van der Waals surface area (Å²) in [6.07, 6.45) is 2.57. The number of hydrogen-bond acceptors (Lipinski definition) is 3. The Hall–Kier alpha value is -1.26. The van der Waals surface area contributed by atoms with Gasteiger partial charge in [-0.25, -0.2) is 0 Å². The quantitative estimate of drug-likeness (QED) is 0.804. The van der Waals surface area contributed by atoms with Crippen molar-refractivity contribution < 1.29 is 9.53 Å². The van der Waals surface area contributed by atoms with E-state index >= 15 is 0 Å². The molecule has 4 nitrogen and oxygen atoms in total. The van der Waals surface area contributed by atoms with Gasteiger partial charge in [0.05, 0.1) is 13.7 Å². The highest BCUT2D eigenvalue weighted by molar-refractivity contribution is 6.30. The number of amides is 1. The first-order valence-electron chi connectivity index (χ1n) is 6.49. The molecule has 1 aromatic carbocycles. The van der Waals surface area contributed by atoms with Gasteiger partial charge in [0.15, 0.2) is 0 Å². The van der Waals surface area contributed by atoms with E-state index < -0.39 is 0 Å². The lowest BCUT2D eigenvalue weighted by atomic mass is 10.2. The third-order valence-corrected chi connectivity index (χ3v) is 3.37. The SMILES string of the molecule is COc1ccc(Cl)cc1CNC(=O)CNCC1CC1. The zero-order valence-electron chi connectivity index (χ0n) is 11.0. The molecule has 1 aliphatic carbocycles. The average Bonchev–Trinajstić information content (AvgIpc) is 3.20. The van der Waals surface area contributed by atoms with Gasteiger partial charge in [0.25, 0.3) is 0 Å². The zero-order chi connectivity index (χ0) is 13.7. The van der Waals surface area contributed by atoms with E-state index in [1.165, 1.54) is 12.8 Å². The number of carbonyl (C=O) groups excluding carboxylic acids is 1. The van der Waals surface area contributed by atoms with E-state index in [2.05, 4.69) is 10.6 Å². The molecule has 104 valence electrons. The molecule has 0 saturated heterocycles. The molecule has 19 heavy (non-hydrogen) atoms. The van der Waals surface area contributed by atoms with E-state index in [0.29, 0.717) is 18.1 Å². The maximum atomic E-state index is 11.7. The Morgan fingerprint density at radius 1 is 1.47 bits per heavy atom. The van der Waals surface area contributed by atoms with Gasteiger partial charge in [-0.05, 0) is 43.5 Å². The van der Waals surface area contributed by atoms with Gasteiger partial charge >= 0.3 is 0 Å². The molecule has 0 aliphatic heterocycles. The van der Waals surface area contributed by atoms with E-state index in [1.807, 2.05) is 0 Å². The molecule has 1 fully saturated rings. The molecule has 0 aromatic heterocycles. The normalized spacial score (nSPS) is 14.2. The third-order valence-electron chi connectivity index (χ3n) is 3.13. The molecule has 1 amide bonds. The Labute approximate surface area is 118 Å². The summed E-state index contributed by atoms with van der Waals surface area (Å²) in [6, 6.07) is 5.37. The number of rotatable bonds is 7. The fourth-order valence-electron chi connectivity index (χ4n) is 1.85. The monoisotopic (exact) mass is 282 g/mol. The van der Waals surface area contributed by atoms with Crippen molar-refractivity contribution in [2.24, 2.45) is 5.92 Å². The maximum absolute atomic E-state index is 11.7. The smallest absolute Gasteiger partial charge is 0.234 e. The Balaban J connectivity index is 1.76. The largest absolute Gasteiger partial charge is 0.496 e. The number of carbonyl (C=O) groups is 1. The Morgan fingerprint density at radius 3 is 2.95 bits per heavy atom. The number of hydrogen-bond donors (Lipinski definition) is 2. The van der Waals surface area contributed by atoms with E-state index in [4.69, 9.17) is 16.3 Å². The Bertz CT molecular complexity index is 447. The van der Waals surface area contributed by atoms with Crippen LogP contribution in [0, 0.1) is 5.92 Å². The number of methoxy groups -OCH3 is 1. The van der Waals surface area contributed by atoms with Crippen molar-refractivity contribution in [3.63, 3.8) is 0 Å². The minimum atomic E-state index is -0.0114. The van der Waals surface area contributed by atoms with Crippen molar-refractivity contribution in [2.75, 3.05) is 20.2 Å². The van der Waals surface area contributed by atoms with Gasteiger partial charge < -0.3 is 15.4 Å². The summed E-state index contributed by atoms with van der Waals surface area (Å²) in [5.41, 5.74) is 0.880. The molecule has 0 radical (unpaired) electrons. The Morgan fingerprint density at radius 2 is 2.26 bits per heavy atom. The van der Waals surface area contributed by atoms with Crippen LogP contribution in [-0.2, 0) is 11.3 Å². The zero-order valence-corrected chi connectivity index (χ0v) is 11.8. The van der Waals surface area contributed by atoms with E-state index in [9.17, 15) is 4.79 Å². The maximum Gasteiger partial charge on any atom is 0.234 e. The van der Waals surface area contributed by atoms with Gasteiger partial charge in [0.1, 0.15) is 5.75 Å². The molecule has 0 bridgehead atoms. The second-order valence-electron chi connectivity index (χ2n) is 4.81.